The summed E-state index contributed by atoms with van der Waals surface area (Å²) in [4.78, 5) is 20.4. The van der Waals surface area contributed by atoms with Gasteiger partial charge in [0, 0.05) is 52.9 Å². The van der Waals surface area contributed by atoms with Crippen molar-refractivity contribution in [3.8, 4) is 0 Å². The van der Waals surface area contributed by atoms with E-state index < -0.39 is 0 Å². The van der Waals surface area contributed by atoms with Crippen LogP contribution in [0.1, 0.15) is 32.6 Å². The van der Waals surface area contributed by atoms with Crippen molar-refractivity contribution < 1.29 is 9.53 Å². The van der Waals surface area contributed by atoms with E-state index in [-0.39, 0.29) is 36.4 Å². The van der Waals surface area contributed by atoms with Gasteiger partial charge in [-0.1, -0.05) is 6.92 Å². The molecule has 0 radical (unpaired) electrons. The highest BCUT2D eigenvalue weighted by atomic mass is 127. The number of likely N-dealkylation sites (N-methyl/N-ethyl adjacent to an activating group) is 1. The first kappa shape index (κ1) is 23.4. The van der Waals surface area contributed by atoms with Crippen LogP contribution in [0.3, 0.4) is 0 Å². The van der Waals surface area contributed by atoms with Crippen LogP contribution in [0, 0.1) is 5.92 Å². The second kappa shape index (κ2) is 12.7. The van der Waals surface area contributed by atoms with Crippen molar-refractivity contribution in [1.29, 1.82) is 0 Å². The summed E-state index contributed by atoms with van der Waals surface area (Å²) in [6.07, 6.45) is 4.46. The number of carbonyl (C=O) groups excluding carboxylic acids is 1. The zero-order valence-electron chi connectivity index (χ0n) is 16.5. The third kappa shape index (κ3) is 8.39. The average Bonchev–Trinajstić information content (AvgIpc) is 3.11. The lowest BCUT2D eigenvalue weighted by Crippen LogP contribution is -2.49. The number of hydrogen-bond donors (Lipinski definition) is 2. The van der Waals surface area contributed by atoms with Crippen molar-refractivity contribution in [2.75, 3.05) is 60.0 Å². The fourth-order valence-corrected chi connectivity index (χ4v) is 3.23. The summed E-state index contributed by atoms with van der Waals surface area (Å²) in [5.41, 5.74) is 0. The first-order valence-corrected chi connectivity index (χ1v) is 9.63. The van der Waals surface area contributed by atoms with Gasteiger partial charge in [0.15, 0.2) is 5.96 Å². The zero-order chi connectivity index (χ0) is 18.1. The Balaban J connectivity index is 0.00000338. The molecule has 1 unspecified atom stereocenters. The monoisotopic (exact) mass is 481 g/mol. The van der Waals surface area contributed by atoms with Gasteiger partial charge in [0.1, 0.15) is 6.54 Å². The number of halogens is 1. The number of ether oxygens (including phenoxy) is 1. The van der Waals surface area contributed by atoms with Crippen molar-refractivity contribution in [3.05, 3.63) is 0 Å². The van der Waals surface area contributed by atoms with Crippen molar-refractivity contribution in [3.63, 3.8) is 0 Å². The minimum absolute atomic E-state index is 0. The van der Waals surface area contributed by atoms with Gasteiger partial charge in [0.2, 0.25) is 5.91 Å². The van der Waals surface area contributed by atoms with Crippen molar-refractivity contribution in [2.45, 2.75) is 38.6 Å². The van der Waals surface area contributed by atoms with Gasteiger partial charge in [-0.05, 0) is 31.6 Å². The molecule has 0 spiro atoms. The number of aliphatic imine (C=N–C) groups is 1. The molecular weight excluding hydrogens is 445 g/mol. The second-order valence-corrected chi connectivity index (χ2v) is 7.33. The lowest BCUT2D eigenvalue weighted by Gasteiger charge is -2.34. The van der Waals surface area contributed by atoms with Crippen LogP contribution in [0.4, 0.5) is 0 Å². The minimum Gasteiger partial charge on any atom is -0.381 e. The Kier molecular flexibility index (Phi) is 11.5. The Morgan fingerprint density at radius 2 is 2.00 bits per heavy atom. The topological polar surface area (TPSA) is 69.2 Å². The van der Waals surface area contributed by atoms with Crippen molar-refractivity contribution in [2.24, 2.45) is 10.9 Å². The molecule has 0 bridgehead atoms. The highest BCUT2D eigenvalue weighted by molar-refractivity contribution is 14.0. The van der Waals surface area contributed by atoms with E-state index in [2.05, 4.69) is 27.4 Å². The van der Waals surface area contributed by atoms with Gasteiger partial charge in [-0.15, -0.1) is 24.0 Å². The minimum atomic E-state index is 0. The summed E-state index contributed by atoms with van der Waals surface area (Å²) >= 11 is 0. The van der Waals surface area contributed by atoms with Crippen LogP contribution < -0.4 is 10.6 Å². The molecule has 0 aromatic carbocycles. The molecule has 2 aliphatic heterocycles. The first-order chi connectivity index (χ1) is 12.1. The van der Waals surface area contributed by atoms with Gasteiger partial charge in [0.25, 0.3) is 0 Å². The molecule has 1 atom stereocenters. The van der Waals surface area contributed by atoms with E-state index in [9.17, 15) is 4.79 Å². The second-order valence-electron chi connectivity index (χ2n) is 7.33. The molecule has 2 heterocycles. The van der Waals surface area contributed by atoms with E-state index in [1.54, 1.807) is 19.0 Å². The Hall–Kier alpha value is -0.610. The van der Waals surface area contributed by atoms with Gasteiger partial charge in [0.05, 0.1) is 6.61 Å². The molecule has 2 fully saturated rings. The maximum atomic E-state index is 11.8. The van der Waals surface area contributed by atoms with E-state index in [1.165, 1.54) is 13.0 Å². The van der Waals surface area contributed by atoms with E-state index in [0.717, 1.165) is 58.1 Å². The summed E-state index contributed by atoms with van der Waals surface area (Å²) in [6, 6.07) is 0.425. The molecule has 0 saturated carbocycles. The number of nitrogens with one attached hydrogen (secondary N) is 2. The number of likely N-dealkylation sites (tertiary alicyclic amines) is 1. The molecular formula is C18H36IN5O2. The lowest BCUT2D eigenvalue weighted by molar-refractivity contribution is -0.127. The fraction of sp³-hybridized carbons (Fsp3) is 0.889. The van der Waals surface area contributed by atoms with Crippen LogP contribution in [0.2, 0.25) is 0 Å². The van der Waals surface area contributed by atoms with Crippen LogP contribution in [-0.2, 0) is 9.53 Å². The highest BCUT2D eigenvalue weighted by Gasteiger charge is 2.24. The summed E-state index contributed by atoms with van der Waals surface area (Å²) < 4.78 is 5.48. The van der Waals surface area contributed by atoms with Gasteiger partial charge >= 0.3 is 0 Å². The number of hydrogen-bond acceptors (Lipinski definition) is 4. The van der Waals surface area contributed by atoms with Gasteiger partial charge in [-0.3, -0.25) is 4.79 Å². The average molecular weight is 481 g/mol. The number of amides is 1. The number of guanidine groups is 1. The molecule has 2 N–H and O–H groups in total. The molecule has 0 aromatic heterocycles. The Bertz CT molecular complexity index is 433. The molecule has 152 valence electrons. The van der Waals surface area contributed by atoms with Crippen LogP contribution in [0.15, 0.2) is 4.99 Å². The standard InChI is InChI=1S/C18H35N5O2.HI/c1-4-8-19-18(20-12-17(24)22(2)3)21-16-5-9-23(10-6-16)13-15-7-11-25-14-15;/h15-16H,4-14H2,1-3H3,(H2,19,20,21);1H. The summed E-state index contributed by atoms with van der Waals surface area (Å²) in [5.74, 6) is 1.50. The van der Waals surface area contributed by atoms with Crippen molar-refractivity contribution >= 4 is 35.8 Å². The third-order valence-electron chi connectivity index (χ3n) is 4.88. The molecule has 1 amide bonds. The predicted octanol–water partition coefficient (Wildman–Crippen LogP) is 1.14. The molecule has 8 heteroatoms. The van der Waals surface area contributed by atoms with E-state index >= 15 is 0 Å². The Morgan fingerprint density at radius 3 is 2.58 bits per heavy atom. The van der Waals surface area contributed by atoms with E-state index in [0.29, 0.717) is 12.0 Å². The van der Waals surface area contributed by atoms with Crippen LogP contribution in [0.25, 0.3) is 0 Å². The van der Waals surface area contributed by atoms with Gasteiger partial charge in [-0.2, -0.15) is 0 Å². The number of carbonyl (C=O) groups is 1. The van der Waals surface area contributed by atoms with Crippen molar-refractivity contribution in [1.82, 2.24) is 20.4 Å². The number of piperidine rings is 1. The van der Waals surface area contributed by atoms with E-state index in [4.69, 9.17) is 4.74 Å². The van der Waals surface area contributed by atoms with Gasteiger partial charge < -0.3 is 25.2 Å². The summed E-state index contributed by atoms with van der Waals surface area (Å²) in [6.45, 7) is 8.43. The molecule has 2 rings (SSSR count). The predicted molar refractivity (Wildman–Crippen MR) is 116 cm³/mol. The largest absolute Gasteiger partial charge is 0.381 e. The lowest BCUT2D eigenvalue weighted by atomic mass is 10.0. The fourth-order valence-electron chi connectivity index (χ4n) is 3.23. The highest BCUT2D eigenvalue weighted by Crippen LogP contribution is 2.17. The quantitative estimate of drug-likeness (QED) is 0.324. The number of nitrogens with zero attached hydrogens (tertiary/aromatic N) is 3. The maximum absolute atomic E-state index is 11.8. The molecule has 2 aliphatic rings. The van der Waals surface area contributed by atoms with Gasteiger partial charge in [-0.25, -0.2) is 4.99 Å². The number of rotatable bonds is 7. The molecule has 2 saturated heterocycles. The Labute approximate surface area is 175 Å². The Morgan fingerprint density at radius 1 is 1.27 bits per heavy atom. The first-order valence-electron chi connectivity index (χ1n) is 9.63. The molecule has 0 aromatic rings. The third-order valence-corrected chi connectivity index (χ3v) is 4.88. The SMILES string of the molecule is CCCNC(=NCC(=O)N(C)C)NC1CCN(CC2CCOC2)CC1.I. The normalized spacial score (nSPS) is 22.0. The summed E-state index contributed by atoms with van der Waals surface area (Å²) in [7, 11) is 3.52. The van der Waals surface area contributed by atoms with Crippen LogP contribution in [0.5, 0.6) is 0 Å². The molecule has 26 heavy (non-hydrogen) atoms. The summed E-state index contributed by atoms with van der Waals surface area (Å²) in [5, 5.41) is 6.83. The molecule has 7 nitrogen and oxygen atoms in total. The van der Waals surface area contributed by atoms with Crippen LogP contribution >= 0.6 is 24.0 Å². The molecule has 0 aliphatic carbocycles. The van der Waals surface area contributed by atoms with E-state index in [1.807, 2.05) is 0 Å². The zero-order valence-corrected chi connectivity index (χ0v) is 18.8. The van der Waals surface area contributed by atoms with Crippen LogP contribution in [-0.4, -0.2) is 87.7 Å². The maximum Gasteiger partial charge on any atom is 0.243 e. The smallest absolute Gasteiger partial charge is 0.243 e.